The first-order chi connectivity index (χ1) is 9.38. The lowest BCUT2D eigenvalue weighted by Crippen LogP contribution is -2.00. The van der Waals surface area contributed by atoms with E-state index in [1.54, 1.807) is 12.1 Å². The summed E-state index contributed by atoms with van der Waals surface area (Å²) >= 11 is 8.89. The molecule has 0 radical (unpaired) electrons. The Morgan fingerprint density at radius 1 is 1.35 bits per heavy atom. The van der Waals surface area contributed by atoms with Gasteiger partial charge in [0.2, 0.25) is 0 Å². The number of carbonyl (C=O) groups is 1. The molecule has 0 atom stereocenters. The highest BCUT2D eigenvalue weighted by Crippen LogP contribution is 2.34. The number of hydrogen-bond donors (Lipinski definition) is 1. The summed E-state index contributed by atoms with van der Waals surface area (Å²) in [6.07, 6.45) is 0. The molecule has 2 N–H and O–H groups in total. The maximum absolute atomic E-state index is 13.4. The zero-order chi connectivity index (χ0) is 14.9. The van der Waals surface area contributed by atoms with Crippen LogP contribution in [0.5, 0.6) is 11.5 Å². The van der Waals surface area contributed by atoms with Crippen LogP contribution in [0.2, 0.25) is 5.02 Å². The predicted octanol–water partition coefficient (Wildman–Crippen LogP) is 4.82. The number of nitrogen functional groups attached to an aromatic ring is 1. The molecule has 0 amide bonds. The minimum atomic E-state index is -0.591. The maximum atomic E-state index is 13.4. The van der Waals surface area contributed by atoms with Crippen molar-refractivity contribution in [3.8, 4) is 11.5 Å². The summed E-state index contributed by atoms with van der Waals surface area (Å²) in [5.41, 5.74) is 6.42. The van der Waals surface area contributed by atoms with Crippen LogP contribution in [-0.2, 0) is 0 Å². The summed E-state index contributed by atoms with van der Waals surface area (Å²) in [6, 6.07) is 7.23. The van der Waals surface area contributed by atoms with Gasteiger partial charge in [0.05, 0.1) is 9.50 Å². The smallest absolute Gasteiger partial charge is 0.162 e. The molecule has 2 aromatic rings. The van der Waals surface area contributed by atoms with E-state index in [0.717, 1.165) is 6.07 Å². The van der Waals surface area contributed by atoms with E-state index >= 15 is 0 Å². The number of Topliss-reactive ketones (excluding diaryl/α,β-unsaturated/α-hetero) is 1. The Balaban J connectivity index is 2.38. The molecule has 0 aliphatic rings. The largest absolute Gasteiger partial charge is 0.456 e. The van der Waals surface area contributed by atoms with E-state index in [1.807, 2.05) is 0 Å². The predicted molar refractivity (Wildman–Crippen MR) is 80.0 cm³/mol. The van der Waals surface area contributed by atoms with Crippen molar-refractivity contribution in [1.29, 1.82) is 0 Å². The average molecular weight is 359 g/mol. The van der Waals surface area contributed by atoms with Gasteiger partial charge in [-0.1, -0.05) is 11.6 Å². The van der Waals surface area contributed by atoms with Crippen molar-refractivity contribution in [1.82, 2.24) is 0 Å². The topological polar surface area (TPSA) is 52.3 Å². The van der Waals surface area contributed by atoms with E-state index in [9.17, 15) is 9.18 Å². The van der Waals surface area contributed by atoms with Gasteiger partial charge in [0.25, 0.3) is 0 Å². The summed E-state index contributed by atoms with van der Waals surface area (Å²) in [4.78, 5) is 11.4. The highest BCUT2D eigenvalue weighted by atomic mass is 79.9. The lowest BCUT2D eigenvalue weighted by atomic mass is 10.1. The van der Waals surface area contributed by atoms with Gasteiger partial charge < -0.3 is 10.5 Å². The molecule has 0 spiro atoms. The van der Waals surface area contributed by atoms with Crippen molar-refractivity contribution >= 4 is 39.0 Å². The molecular weight excluding hydrogens is 349 g/mol. The molecular formula is C14H10BrClFNO2. The summed E-state index contributed by atoms with van der Waals surface area (Å²) in [5.74, 6) is -0.126. The van der Waals surface area contributed by atoms with Gasteiger partial charge in [-0.15, -0.1) is 0 Å². The van der Waals surface area contributed by atoms with Crippen LogP contribution in [0.15, 0.2) is 34.8 Å². The third-order valence-corrected chi connectivity index (χ3v) is 3.52. The van der Waals surface area contributed by atoms with Gasteiger partial charge in [0.1, 0.15) is 17.3 Å². The van der Waals surface area contributed by atoms with Crippen LogP contribution in [0.4, 0.5) is 10.1 Å². The Morgan fingerprint density at radius 2 is 2.05 bits per heavy atom. The average Bonchev–Trinajstić information content (AvgIpc) is 2.37. The van der Waals surface area contributed by atoms with Crippen LogP contribution in [-0.4, -0.2) is 5.78 Å². The van der Waals surface area contributed by atoms with Crippen molar-refractivity contribution < 1.29 is 13.9 Å². The molecule has 0 fully saturated rings. The molecule has 2 rings (SSSR count). The van der Waals surface area contributed by atoms with E-state index in [2.05, 4.69) is 15.9 Å². The zero-order valence-electron chi connectivity index (χ0n) is 10.4. The van der Waals surface area contributed by atoms with Crippen LogP contribution in [0, 0.1) is 5.82 Å². The standard InChI is InChI=1S/C14H10BrClFNO2/c1-7(19)9-4-8(2-3-13(9)18)20-14-6-12(17)11(16)5-10(14)15/h2-6H,18H2,1H3. The molecule has 3 nitrogen and oxygen atoms in total. The monoisotopic (exact) mass is 357 g/mol. The summed E-state index contributed by atoms with van der Waals surface area (Å²) in [7, 11) is 0. The lowest BCUT2D eigenvalue weighted by molar-refractivity contribution is 0.101. The van der Waals surface area contributed by atoms with Gasteiger partial charge in [-0.2, -0.15) is 0 Å². The minimum Gasteiger partial charge on any atom is -0.456 e. The molecule has 6 heteroatoms. The molecule has 2 aromatic carbocycles. The maximum Gasteiger partial charge on any atom is 0.162 e. The number of rotatable bonds is 3. The summed E-state index contributed by atoms with van der Waals surface area (Å²) in [6.45, 7) is 1.41. The third-order valence-electron chi connectivity index (χ3n) is 2.61. The van der Waals surface area contributed by atoms with Gasteiger partial charge in [-0.05, 0) is 47.1 Å². The first kappa shape index (κ1) is 14.8. The fourth-order valence-corrected chi connectivity index (χ4v) is 2.33. The van der Waals surface area contributed by atoms with Crippen molar-refractivity contribution in [2.75, 3.05) is 5.73 Å². The fraction of sp³-hybridized carbons (Fsp3) is 0.0714. The number of anilines is 1. The number of ether oxygens (including phenoxy) is 1. The summed E-state index contributed by atoms with van der Waals surface area (Å²) in [5, 5.41) is -0.00837. The van der Waals surface area contributed by atoms with Gasteiger partial charge in [0, 0.05) is 17.3 Å². The summed E-state index contributed by atoms with van der Waals surface area (Å²) < 4.78 is 19.5. The van der Waals surface area contributed by atoms with Gasteiger partial charge in [-0.25, -0.2) is 4.39 Å². The highest BCUT2D eigenvalue weighted by Gasteiger charge is 2.11. The van der Waals surface area contributed by atoms with E-state index in [4.69, 9.17) is 22.1 Å². The van der Waals surface area contributed by atoms with Crippen LogP contribution in [0.1, 0.15) is 17.3 Å². The van der Waals surface area contributed by atoms with Crippen molar-refractivity contribution in [3.05, 3.63) is 51.2 Å². The van der Waals surface area contributed by atoms with E-state index < -0.39 is 5.82 Å². The Bertz CT molecular complexity index is 691. The number of nitrogens with two attached hydrogens (primary N) is 1. The van der Waals surface area contributed by atoms with E-state index in [-0.39, 0.29) is 16.6 Å². The third kappa shape index (κ3) is 3.11. The Hall–Kier alpha value is -1.59. The number of benzene rings is 2. The molecule has 104 valence electrons. The molecule has 20 heavy (non-hydrogen) atoms. The van der Waals surface area contributed by atoms with Crippen molar-refractivity contribution in [3.63, 3.8) is 0 Å². The quantitative estimate of drug-likeness (QED) is 0.486. The number of ketones is 1. The molecule has 0 unspecified atom stereocenters. The zero-order valence-corrected chi connectivity index (χ0v) is 12.8. The SMILES string of the molecule is CC(=O)c1cc(Oc2cc(F)c(Cl)cc2Br)ccc1N. The molecule has 0 aromatic heterocycles. The molecule has 0 saturated carbocycles. The first-order valence-electron chi connectivity index (χ1n) is 5.61. The molecule has 0 heterocycles. The van der Waals surface area contributed by atoms with Gasteiger partial charge in [-0.3, -0.25) is 4.79 Å². The van der Waals surface area contributed by atoms with Crippen LogP contribution in [0.25, 0.3) is 0 Å². The Kier molecular flexibility index (Phi) is 4.30. The molecule has 0 bridgehead atoms. The van der Waals surface area contributed by atoms with Crippen LogP contribution < -0.4 is 10.5 Å². The van der Waals surface area contributed by atoms with E-state index in [0.29, 0.717) is 21.5 Å². The second-order valence-corrected chi connectivity index (χ2v) is 5.37. The normalized spacial score (nSPS) is 10.4. The fourth-order valence-electron chi connectivity index (χ4n) is 1.61. The lowest BCUT2D eigenvalue weighted by Gasteiger charge is -2.10. The van der Waals surface area contributed by atoms with Crippen molar-refractivity contribution in [2.24, 2.45) is 0 Å². The number of carbonyl (C=O) groups excluding carboxylic acids is 1. The second-order valence-electron chi connectivity index (χ2n) is 4.10. The van der Waals surface area contributed by atoms with Crippen LogP contribution >= 0.6 is 27.5 Å². The van der Waals surface area contributed by atoms with Gasteiger partial charge >= 0.3 is 0 Å². The second kappa shape index (κ2) is 5.81. The molecule has 0 saturated heterocycles. The highest BCUT2D eigenvalue weighted by molar-refractivity contribution is 9.10. The first-order valence-corrected chi connectivity index (χ1v) is 6.78. The van der Waals surface area contributed by atoms with Crippen molar-refractivity contribution in [2.45, 2.75) is 6.92 Å². The number of halogens is 3. The minimum absolute atomic E-state index is 0.00837. The van der Waals surface area contributed by atoms with Crippen LogP contribution in [0.3, 0.4) is 0 Å². The molecule has 0 aliphatic heterocycles. The Labute approximate surface area is 128 Å². The van der Waals surface area contributed by atoms with Gasteiger partial charge in [0.15, 0.2) is 5.78 Å². The van der Waals surface area contributed by atoms with E-state index in [1.165, 1.54) is 19.1 Å². The molecule has 0 aliphatic carbocycles. The Morgan fingerprint density at radius 3 is 2.70 bits per heavy atom. The number of hydrogen-bond acceptors (Lipinski definition) is 3.